The van der Waals surface area contributed by atoms with Crippen LogP contribution < -0.4 is 5.73 Å². The predicted octanol–water partition coefficient (Wildman–Crippen LogP) is 0.905. The Morgan fingerprint density at radius 3 is 1.94 bits per heavy atom. The quantitative estimate of drug-likeness (QED) is 0.384. The minimum Gasteiger partial charge on any atom is -0.423 e. The smallest absolute Gasteiger partial charge is 0.184 e. The zero-order valence-corrected chi connectivity index (χ0v) is 13.0. The molecule has 0 fully saturated rings. The van der Waals surface area contributed by atoms with Crippen LogP contribution in [0.3, 0.4) is 0 Å². The molecule has 0 saturated carbocycles. The van der Waals surface area contributed by atoms with E-state index in [9.17, 15) is 9.59 Å². The number of hydrogen-bond donors (Lipinski definition) is 1. The molecule has 0 spiro atoms. The summed E-state index contributed by atoms with van der Waals surface area (Å²) < 4.78 is 5.45. The van der Waals surface area contributed by atoms with Crippen molar-refractivity contribution in [1.82, 2.24) is 0 Å². The van der Waals surface area contributed by atoms with Crippen LogP contribution in [0.15, 0.2) is 24.3 Å². The van der Waals surface area contributed by atoms with Crippen molar-refractivity contribution in [3.63, 3.8) is 0 Å². The van der Waals surface area contributed by atoms with Gasteiger partial charge < -0.3 is 10.2 Å². The molecule has 0 atom stereocenters. The second-order valence-corrected chi connectivity index (χ2v) is 6.38. The van der Waals surface area contributed by atoms with Crippen LogP contribution in [0.25, 0.3) is 0 Å². The Morgan fingerprint density at radius 2 is 1.67 bits per heavy atom. The average Bonchev–Trinajstić information content (AvgIpc) is 2.32. The fraction of sp³-hybridized carbons (Fsp3) is 0.538. The highest BCUT2D eigenvalue weighted by atomic mass is 28.2. The van der Waals surface area contributed by atoms with Crippen molar-refractivity contribution in [2.45, 2.75) is 32.2 Å². The summed E-state index contributed by atoms with van der Waals surface area (Å²) in [5.41, 5.74) is 6.30. The van der Waals surface area contributed by atoms with E-state index in [-0.39, 0.29) is 18.1 Å². The number of carbonyl (C=O) groups is 2. The lowest BCUT2D eigenvalue weighted by molar-refractivity contribution is -0.128. The van der Waals surface area contributed by atoms with Gasteiger partial charge in [-0.05, 0) is 44.9 Å². The molecule has 0 aliphatic rings. The van der Waals surface area contributed by atoms with Crippen LogP contribution in [-0.2, 0) is 14.0 Å². The number of nitrogens with two attached hydrogens (primary N) is 1. The first kappa shape index (κ1) is 17.0. The van der Waals surface area contributed by atoms with Crippen molar-refractivity contribution in [3.05, 3.63) is 24.3 Å². The number of Topliss-reactive ketones (excluding diaryl/α,β-unsaturated/α-hetero) is 2. The Balaban J connectivity index is 5.54. The van der Waals surface area contributed by atoms with E-state index in [4.69, 9.17) is 10.2 Å². The number of ketones is 2. The zero-order valence-electron chi connectivity index (χ0n) is 11.5. The maximum atomic E-state index is 12.3. The van der Waals surface area contributed by atoms with Gasteiger partial charge in [-0.25, -0.2) is 0 Å². The Kier molecular flexibility index (Phi) is 6.98. The fourth-order valence-electron chi connectivity index (χ4n) is 1.87. The summed E-state index contributed by atoms with van der Waals surface area (Å²) in [4.78, 5) is 24.7. The number of hydrogen-bond acceptors (Lipinski definition) is 4. The average molecular weight is 269 g/mol. The maximum Gasteiger partial charge on any atom is 0.184 e. The van der Waals surface area contributed by atoms with Gasteiger partial charge in [-0.3, -0.25) is 9.59 Å². The molecule has 0 heterocycles. The van der Waals surface area contributed by atoms with E-state index in [0.717, 1.165) is 0 Å². The van der Waals surface area contributed by atoms with Crippen LogP contribution in [0.1, 0.15) is 27.2 Å². The Labute approximate surface area is 111 Å². The van der Waals surface area contributed by atoms with Gasteiger partial charge in [0, 0.05) is 6.61 Å². The van der Waals surface area contributed by atoms with Gasteiger partial charge in [0.2, 0.25) is 0 Å². The molecule has 0 aromatic carbocycles. The monoisotopic (exact) mass is 269 g/mol. The van der Waals surface area contributed by atoms with Gasteiger partial charge in [0.1, 0.15) is 5.04 Å². The Bertz CT molecular complexity index is 337. The van der Waals surface area contributed by atoms with Crippen molar-refractivity contribution < 1.29 is 14.0 Å². The normalized spacial score (nSPS) is 11.8. The molecule has 4 nitrogen and oxygen atoms in total. The third-order valence-electron chi connectivity index (χ3n) is 2.77. The van der Waals surface area contributed by atoms with Gasteiger partial charge in [-0.1, -0.05) is 13.2 Å². The van der Waals surface area contributed by atoms with Crippen molar-refractivity contribution in [1.29, 1.82) is 0 Å². The lowest BCUT2D eigenvalue weighted by Crippen LogP contribution is -2.41. The van der Waals surface area contributed by atoms with E-state index >= 15 is 0 Å². The van der Waals surface area contributed by atoms with Gasteiger partial charge >= 0.3 is 0 Å². The summed E-state index contributed by atoms with van der Waals surface area (Å²) >= 11 is 0. The Hall–Kier alpha value is -1.04. The molecule has 102 valence electrons. The van der Waals surface area contributed by atoms with Crippen LogP contribution in [0.2, 0.25) is 5.04 Å². The van der Waals surface area contributed by atoms with E-state index < -0.39 is 14.8 Å². The topological polar surface area (TPSA) is 69.4 Å². The minimum absolute atomic E-state index is 0.249. The second-order valence-electron chi connectivity index (χ2n) is 4.48. The minimum atomic E-state index is -1.37. The molecule has 18 heavy (non-hydrogen) atoms. The number of rotatable bonds is 9. The van der Waals surface area contributed by atoms with Crippen LogP contribution in [0.4, 0.5) is 0 Å². The van der Waals surface area contributed by atoms with Crippen molar-refractivity contribution >= 4 is 21.3 Å². The largest absolute Gasteiger partial charge is 0.423 e. The van der Waals surface area contributed by atoms with Gasteiger partial charge in [-0.15, -0.1) is 0 Å². The predicted molar refractivity (Wildman–Crippen MR) is 76.2 cm³/mol. The highest BCUT2D eigenvalue weighted by molar-refractivity contribution is 6.54. The summed E-state index contributed by atoms with van der Waals surface area (Å²) in [5, 5.41) is -1.12. The molecular weight excluding hydrogens is 246 g/mol. The maximum absolute atomic E-state index is 12.3. The van der Waals surface area contributed by atoms with E-state index in [1.807, 2.05) is 6.92 Å². The molecule has 0 radical (unpaired) electrons. The summed E-state index contributed by atoms with van der Waals surface area (Å²) in [6.45, 7) is 13.1. The first-order valence-corrected chi connectivity index (χ1v) is 7.30. The highest BCUT2D eigenvalue weighted by Gasteiger charge is 2.45. The highest BCUT2D eigenvalue weighted by Crippen LogP contribution is 2.36. The van der Waals surface area contributed by atoms with E-state index in [1.165, 1.54) is 0 Å². The van der Waals surface area contributed by atoms with Gasteiger partial charge in [0.15, 0.2) is 21.3 Å². The third-order valence-corrected chi connectivity index (χ3v) is 4.87. The van der Waals surface area contributed by atoms with Crippen molar-refractivity contribution in [3.8, 4) is 0 Å². The fourth-order valence-corrected chi connectivity index (χ4v) is 3.64. The molecule has 0 aliphatic carbocycles. The first-order valence-electron chi connectivity index (χ1n) is 6.02. The molecule has 0 aliphatic heterocycles. The lowest BCUT2D eigenvalue weighted by Gasteiger charge is -2.30. The molecule has 0 saturated heterocycles. The van der Waals surface area contributed by atoms with E-state index in [2.05, 4.69) is 13.2 Å². The standard InChI is InChI=1S/C13H23NO3Si/c1-6-17-18-13(7-8-14,11(15)9(2)3)12(16)10(4)5/h2,4,6-8,14,18H2,1,3,5H3. The zero-order chi connectivity index (χ0) is 14.3. The van der Waals surface area contributed by atoms with Crippen LogP contribution in [0.5, 0.6) is 0 Å². The van der Waals surface area contributed by atoms with Crippen molar-refractivity contribution in [2.75, 3.05) is 13.2 Å². The lowest BCUT2D eigenvalue weighted by atomic mass is 9.87. The van der Waals surface area contributed by atoms with Gasteiger partial charge in [0.25, 0.3) is 0 Å². The molecule has 0 unspecified atom stereocenters. The number of allylic oxidation sites excluding steroid dienone is 2. The summed E-state index contributed by atoms with van der Waals surface area (Å²) in [6.07, 6.45) is 0.302. The molecule has 0 aromatic rings. The third kappa shape index (κ3) is 3.73. The summed E-state index contributed by atoms with van der Waals surface area (Å²) in [5.74, 6) is -0.498. The van der Waals surface area contributed by atoms with Crippen LogP contribution in [-0.4, -0.2) is 34.5 Å². The van der Waals surface area contributed by atoms with Crippen molar-refractivity contribution in [2.24, 2.45) is 5.73 Å². The molecule has 5 heteroatoms. The molecule has 0 aromatic heterocycles. The van der Waals surface area contributed by atoms with Crippen LogP contribution >= 0.6 is 0 Å². The molecule has 0 bridgehead atoms. The Morgan fingerprint density at radius 1 is 1.22 bits per heavy atom. The summed E-state index contributed by atoms with van der Waals surface area (Å²) in [7, 11) is -1.37. The molecule has 2 N–H and O–H groups in total. The SMILES string of the molecule is C=C(C)C(=O)C(CCN)([SiH2]OCC)C(=O)C(=C)C. The van der Waals surface area contributed by atoms with E-state index in [1.54, 1.807) is 13.8 Å². The van der Waals surface area contributed by atoms with E-state index in [0.29, 0.717) is 24.2 Å². The van der Waals surface area contributed by atoms with Gasteiger partial charge in [-0.2, -0.15) is 0 Å². The van der Waals surface area contributed by atoms with Crippen LogP contribution in [0, 0.1) is 0 Å². The molecule has 0 amide bonds. The molecule has 0 rings (SSSR count). The summed E-state index contributed by atoms with van der Waals surface area (Å²) in [6, 6.07) is 0. The van der Waals surface area contributed by atoms with Gasteiger partial charge in [0.05, 0.1) is 0 Å². The molecular formula is C13H23NO3Si. The number of carbonyl (C=O) groups excluding carboxylic acids is 2. The first-order chi connectivity index (χ1) is 8.33. The second kappa shape index (κ2) is 7.40.